The van der Waals surface area contributed by atoms with E-state index in [9.17, 15) is 4.79 Å². The van der Waals surface area contributed by atoms with Crippen molar-refractivity contribution in [1.29, 1.82) is 0 Å². The fourth-order valence-corrected chi connectivity index (χ4v) is 1.29. The third-order valence-electron chi connectivity index (χ3n) is 1.73. The van der Waals surface area contributed by atoms with Gasteiger partial charge in [-0.15, -0.1) is 12.6 Å². The van der Waals surface area contributed by atoms with E-state index in [1.54, 1.807) is 18.2 Å². The van der Waals surface area contributed by atoms with Crippen LogP contribution >= 0.6 is 12.6 Å². The van der Waals surface area contributed by atoms with Crippen LogP contribution in [0.3, 0.4) is 0 Å². The topological polar surface area (TPSA) is 52.3 Å². The molecule has 0 saturated heterocycles. The molecule has 2 rings (SSSR count). The van der Waals surface area contributed by atoms with E-state index < -0.39 is 5.97 Å². The second-order valence-electron chi connectivity index (χ2n) is 2.66. The van der Waals surface area contributed by atoms with E-state index in [2.05, 4.69) is 22.3 Å². The van der Waals surface area contributed by atoms with E-state index in [0.29, 0.717) is 11.1 Å². The zero-order valence-corrected chi connectivity index (χ0v) is 8.25. The normalized spacial score (nSPS) is 10.4. The van der Waals surface area contributed by atoms with Crippen molar-refractivity contribution in [1.82, 2.24) is 4.98 Å². The Morgan fingerprint density at radius 2 is 2.36 bits per heavy atom. The molecule has 0 fully saturated rings. The number of esters is 1. The van der Waals surface area contributed by atoms with Gasteiger partial charge in [-0.3, -0.25) is 0 Å². The van der Waals surface area contributed by atoms with Crippen LogP contribution < -0.4 is 0 Å². The number of oxazole rings is 1. The largest absolute Gasteiger partial charge is 0.462 e. The summed E-state index contributed by atoms with van der Waals surface area (Å²) in [6.07, 6.45) is 0. The molecule has 4 nitrogen and oxygen atoms in total. The molecule has 1 aromatic heterocycles. The molecule has 0 spiro atoms. The summed E-state index contributed by atoms with van der Waals surface area (Å²) >= 11 is 4.15. The predicted octanol–water partition coefficient (Wildman–Crippen LogP) is 1.90. The first-order chi connectivity index (χ1) is 6.70. The molecule has 0 radical (unpaired) electrons. The first-order valence-corrected chi connectivity index (χ1v) is 4.33. The maximum absolute atomic E-state index is 11.1. The molecule has 5 heteroatoms. The highest BCUT2D eigenvalue weighted by Crippen LogP contribution is 2.19. The first-order valence-electron chi connectivity index (χ1n) is 3.88. The van der Waals surface area contributed by atoms with Gasteiger partial charge in [0.2, 0.25) is 0 Å². The van der Waals surface area contributed by atoms with Crippen LogP contribution in [0.1, 0.15) is 10.7 Å². The summed E-state index contributed by atoms with van der Waals surface area (Å²) in [7, 11) is 1.28. The molecule has 0 bridgehead atoms. The molecule has 1 heterocycles. The fourth-order valence-electron chi connectivity index (χ4n) is 1.09. The molecule has 0 N–H and O–H groups in total. The van der Waals surface area contributed by atoms with E-state index >= 15 is 0 Å². The highest BCUT2D eigenvalue weighted by molar-refractivity contribution is 7.80. The van der Waals surface area contributed by atoms with Crippen molar-refractivity contribution >= 4 is 29.7 Å². The molecular weight excluding hydrogens is 202 g/mol. The van der Waals surface area contributed by atoms with Gasteiger partial charge in [-0.25, -0.2) is 9.78 Å². The number of ether oxygens (including phenoxy) is 1. The first kappa shape index (κ1) is 9.08. The molecule has 0 saturated carbocycles. The van der Waals surface area contributed by atoms with Crippen LogP contribution in [0.5, 0.6) is 0 Å². The average molecular weight is 209 g/mol. The number of carbonyl (C=O) groups is 1. The number of hydrogen-bond acceptors (Lipinski definition) is 5. The summed E-state index contributed by atoms with van der Waals surface area (Å²) in [5.41, 5.74) is 1.14. The van der Waals surface area contributed by atoms with Crippen molar-refractivity contribution in [3.05, 3.63) is 24.1 Å². The van der Waals surface area contributed by atoms with Gasteiger partial charge in [0, 0.05) is 4.90 Å². The molecular formula is C9H7NO3S. The Bertz CT molecular complexity index is 492. The van der Waals surface area contributed by atoms with Gasteiger partial charge in [0.05, 0.1) is 7.11 Å². The second kappa shape index (κ2) is 3.34. The zero-order chi connectivity index (χ0) is 10.1. The number of nitrogens with zero attached hydrogens (tertiary/aromatic N) is 1. The van der Waals surface area contributed by atoms with Crippen LogP contribution in [0, 0.1) is 0 Å². The quantitative estimate of drug-likeness (QED) is 0.575. The van der Waals surface area contributed by atoms with Gasteiger partial charge in [-0.2, -0.15) is 0 Å². The number of hydrogen-bond donors (Lipinski definition) is 1. The smallest absolute Gasteiger partial charge is 0.394 e. The Balaban J connectivity index is 2.56. The second-order valence-corrected chi connectivity index (χ2v) is 3.18. The monoisotopic (exact) mass is 209 g/mol. The molecule has 1 aromatic carbocycles. The zero-order valence-electron chi connectivity index (χ0n) is 7.35. The van der Waals surface area contributed by atoms with Crippen LogP contribution in [0.15, 0.2) is 27.5 Å². The average Bonchev–Trinajstić information content (AvgIpc) is 2.59. The van der Waals surface area contributed by atoms with E-state index in [0.717, 1.165) is 4.90 Å². The molecule has 0 aliphatic rings. The molecule has 0 amide bonds. The number of aromatic nitrogens is 1. The summed E-state index contributed by atoms with van der Waals surface area (Å²) < 4.78 is 9.64. The van der Waals surface area contributed by atoms with Crippen LogP contribution in [-0.4, -0.2) is 18.1 Å². The highest BCUT2D eigenvalue weighted by atomic mass is 32.1. The molecule has 72 valence electrons. The van der Waals surface area contributed by atoms with Crippen molar-refractivity contribution in [3.63, 3.8) is 0 Å². The Morgan fingerprint density at radius 1 is 1.57 bits per heavy atom. The lowest BCUT2D eigenvalue weighted by atomic mass is 10.3. The Labute approximate surface area is 85.3 Å². The molecule has 0 atom stereocenters. The summed E-state index contributed by atoms with van der Waals surface area (Å²) in [5.74, 6) is -0.622. The minimum atomic E-state index is -0.582. The van der Waals surface area contributed by atoms with Gasteiger partial charge in [0.15, 0.2) is 5.58 Å². The van der Waals surface area contributed by atoms with Crippen molar-refractivity contribution in [2.45, 2.75) is 4.90 Å². The van der Waals surface area contributed by atoms with Gasteiger partial charge in [0.25, 0.3) is 0 Å². The highest BCUT2D eigenvalue weighted by Gasteiger charge is 2.14. The van der Waals surface area contributed by atoms with Gasteiger partial charge in [-0.1, -0.05) is 0 Å². The van der Waals surface area contributed by atoms with Crippen LogP contribution in [0.4, 0.5) is 0 Å². The predicted molar refractivity (Wildman–Crippen MR) is 52.6 cm³/mol. The van der Waals surface area contributed by atoms with Crippen LogP contribution in [0.25, 0.3) is 11.1 Å². The maximum Gasteiger partial charge on any atom is 0.394 e. The SMILES string of the molecule is COC(=O)c1nc2cc(S)ccc2o1. The van der Waals surface area contributed by atoms with Crippen molar-refractivity contribution in [3.8, 4) is 0 Å². The maximum atomic E-state index is 11.1. The third kappa shape index (κ3) is 1.46. The van der Waals surface area contributed by atoms with E-state index in [1.165, 1.54) is 7.11 Å². The summed E-state index contributed by atoms with van der Waals surface area (Å²) in [4.78, 5) is 15.8. The molecule has 2 aromatic rings. The lowest BCUT2D eigenvalue weighted by molar-refractivity contribution is 0.0559. The van der Waals surface area contributed by atoms with Crippen molar-refractivity contribution in [2.75, 3.05) is 7.11 Å². The number of fused-ring (bicyclic) bond motifs is 1. The molecule has 0 aliphatic carbocycles. The minimum Gasteiger partial charge on any atom is -0.462 e. The van der Waals surface area contributed by atoms with Gasteiger partial charge < -0.3 is 9.15 Å². The van der Waals surface area contributed by atoms with E-state index in [1.807, 2.05) is 0 Å². The van der Waals surface area contributed by atoms with Gasteiger partial charge in [0.1, 0.15) is 5.52 Å². The van der Waals surface area contributed by atoms with Crippen LogP contribution in [-0.2, 0) is 4.74 Å². The summed E-state index contributed by atoms with van der Waals surface area (Å²) in [6.45, 7) is 0. The lowest BCUT2D eigenvalue weighted by Crippen LogP contribution is -2.00. The lowest BCUT2D eigenvalue weighted by Gasteiger charge is -1.88. The van der Waals surface area contributed by atoms with Gasteiger partial charge >= 0.3 is 11.9 Å². The number of benzene rings is 1. The number of rotatable bonds is 1. The molecule has 0 aliphatic heterocycles. The minimum absolute atomic E-state index is 0.0403. The molecule has 14 heavy (non-hydrogen) atoms. The summed E-state index contributed by atoms with van der Waals surface area (Å²) in [5, 5.41) is 0. The Morgan fingerprint density at radius 3 is 3.07 bits per heavy atom. The van der Waals surface area contributed by atoms with Crippen LogP contribution in [0.2, 0.25) is 0 Å². The number of thiol groups is 1. The molecule has 0 unspecified atom stereocenters. The third-order valence-corrected chi connectivity index (χ3v) is 2.01. The number of methoxy groups -OCH3 is 1. The van der Waals surface area contributed by atoms with Crippen molar-refractivity contribution in [2.24, 2.45) is 0 Å². The van der Waals surface area contributed by atoms with Gasteiger partial charge in [-0.05, 0) is 18.2 Å². The number of carbonyl (C=O) groups excluding carboxylic acids is 1. The van der Waals surface area contributed by atoms with E-state index in [4.69, 9.17) is 4.42 Å². The van der Waals surface area contributed by atoms with E-state index in [-0.39, 0.29) is 5.89 Å². The van der Waals surface area contributed by atoms with Crippen molar-refractivity contribution < 1.29 is 13.9 Å². The fraction of sp³-hybridized carbons (Fsp3) is 0.111. The summed E-state index contributed by atoms with van der Waals surface area (Å²) in [6, 6.07) is 5.18. The standard InChI is InChI=1S/C9H7NO3S/c1-12-9(11)8-10-6-4-5(14)2-3-7(6)13-8/h2-4,14H,1H3. The Hall–Kier alpha value is -1.49. The Kier molecular flexibility index (Phi) is 2.17.